The lowest BCUT2D eigenvalue weighted by Gasteiger charge is -2.20. The van der Waals surface area contributed by atoms with Gasteiger partial charge in [0.25, 0.3) is 0 Å². The second-order valence-corrected chi connectivity index (χ2v) is 5.07. The number of hydrogen-bond acceptors (Lipinski definition) is 4. The lowest BCUT2D eigenvalue weighted by molar-refractivity contribution is -0.138. The molecule has 112 valence electrons. The second kappa shape index (κ2) is 5.95. The van der Waals surface area contributed by atoms with Gasteiger partial charge in [0.05, 0.1) is 12.6 Å². The first-order valence-electron chi connectivity index (χ1n) is 6.55. The zero-order chi connectivity index (χ0) is 15.6. The Kier molecular flexibility index (Phi) is 4.26. The lowest BCUT2D eigenvalue weighted by Crippen LogP contribution is -2.34. The monoisotopic (exact) mass is 292 g/mol. The van der Waals surface area contributed by atoms with E-state index in [0.717, 1.165) is 0 Å². The third-order valence-corrected chi connectivity index (χ3v) is 3.26. The molecule has 0 fully saturated rings. The number of nitrogens with zero attached hydrogens (tertiary/aromatic N) is 1. The molecular weight excluding hydrogens is 275 g/mol. The number of rotatable bonds is 5. The number of anilines is 1. The van der Waals surface area contributed by atoms with Gasteiger partial charge in [0, 0.05) is 23.3 Å². The Hall–Kier alpha value is -2.37. The number of carboxylic acids is 1. The Labute approximate surface area is 121 Å². The van der Waals surface area contributed by atoms with Crippen LogP contribution >= 0.6 is 0 Å². The van der Waals surface area contributed by atoms with Crippen molar-refractivity contribution < 1.29 is 19.0 Å². The summed E-state index contributed by atoms with van der Waals surface area (Å²) >= 11 is 0. The first kappa shape index (κ1) is 15.0. The van der Waals surface area contributed by atoms with Gasteiger partial charge in [0.2, 0.25) is 0 Å². The third-order valence-electron chi connectivity index (χ3n) is 3.26. The summed E-state index contributed by atoms with van der Waals surface area (Å²) < 4.78 is 18.7. The number of ether oxygens (including phenoxy) is 1. The summed E-state index contributed by atoms with van der Waals surface area (Å²) in [5.41, 5.74) is 1.02. The Morgan fingerprint density at radius 1 is 1.43 bits per heavy atom. The van der Waals surface area contributed by atoms with Crippen molar-refractivity contribution in [3.63, 3.8) is 0 Å². The number of benzene rings is 1. The molecule has 0 aliphatic rings. The van der Waals surface area contributed by atoms with E-state index in [1.54, 1.807) is 6.07 Å². The van der Waals surface area contributed by atoms with Crippen molar-refractivity contribution in [2.45, 2.75) is 19.9 Å². The highest BCUT2D eigenvalue weighted by Gasteiger charge is 2.22. The molecule has 1 aromatic heterocycles. The molecule has 2 aromatic rings. The minimum atomic E-state index is -0.941. The van der Waals surface area contributed by atoms with Gasteiger partial charge in [-0.05, 0) is 18.1 Å². The van der Waals surface area contributed by atoms with Crippen molar-refractivity contribution >= 4 is 22.6 Å². The van der Waals surface area contributed by atoms with Crippen LogP contribution in [0.2, 0.25) is 0 Å². The van der Waals surface area contributed by atoms with Crippen molar-refractivity contribution in [1.82, 2.24) is 4.98 Å². The quantitative estimate of drug-likeness (QED) is 0.886. The molecule has 2 rings (SSSR count). The van der Waals surface area contributed by atoms with Crippen LogP contribution in [-0.4, -0.2) is 29.2 Å². The van der Waals surface area contributed by atoms with Crippen LogP contribution in [-0.2, 0) is 4.79 Å². The summed E-state index contributed by atoms with van der Waals surface area (Å²) in [4.78, 5) is 15.4. The number of methoxy groups -OCH3 is 1. The van der Waals surface area contributed by atoms with Crippen molar-refractivity contribution in [2.24, 2.45) is 5.92 Å². The van der Waals surface area contributed by atoms with Gasteiger partial charge in [-0.25, -0.2) is 9.18 Å². The number of fused-ring (bicyclic) bond motifs is 1. The van der Waals surface area contributed by atoms with Crippen LogP contribution in [0.4, 0.5) is 10.1 Å². The number of halogens is 1. The number of aliphatic carboxylic acids is 1. The average molecular weight is 292 g/mol. The van der Waals surface area contributed by atoms with Crippen LogP contribution in [0, 0.1) is 11.7 Å². The molecule has 0 amide bonds. The number of pyridine rings is 1. The van der Waals surface area contributed by atoms with E-state index in [9.17, 15) is 14.3 Å². The molecule has 1 atom stereocenters. The molecule has 5 nitrogen and oxygen atoms in total. The van der Waals surface area contributed by atoms with Crippen LogP contribution < -0.4 is 10.1 Å². The fourth-order valence-corrected chi connectivity index (χ4v) is 2.11. The molecule has 0 saturated heterocycles. The summed E-state index contributed by atoms with van der Waals surface area (Å²) in [7, 11) is 1.38. The standard InChI is InChI=1S/C15H17FN2O3/c1-8(2)14(15(19)20)18-11-4-5-17-12-7-10(16)13(21-3)6-9(11)12/h4-8,14H,1-3H3,(H,17,18)(H,19,20)/t14-/m0/s1. The number of nitrogens with one attached hydrogen (secondary N) is 1. The Morgan fingerprint density at radius 2 is 2.14 bits per heavy atom. The Morgan fingerprint density at radius 3 is 2.71 bits per heavy atom. The summed E-state index contributed by atoms with van der Waals surface area (Å²) in [6, 6.07) is 3.70. The molecule has 21 heavy (non-hydrogen) atoms. The normalized spacial score (nSPS) is 12.4. The first-order chi connectivity index (χ1) is 9.93. The second-order valence-electron chi connectivity index (χ2n) is 5.07. The summed E-state index contributed by atoms with van der Waals surface area (Å²) in [5.74, 6) is -1.46. The van der Waals surface area contributed by atoms with Gasteiger partial charge in [-0.15, -0.1) is 0 Å². The number of aromatic nitrogens is 1. The number of hydrogen-bond donors (Lipinski definition) is 2. The first-order valence-corrected chi connectivity index (χ1v) is 6.55. The van der Waals surface area contributed by atoms with Gasteiger partial charge in [0.1, 0.15) is 6.04 Å². The molecule has 1 aromatic carbocycles. The molecule has 0 aliphatic carbocycles. The highest BCUT2D eigenvalue weighted by atomic mass is 19.1. The van der Waals surface area contributed by atoms with E-state index < -0.39 is 17.8 Å². The molecule has 6 heteroatoms. The van der Waals surface area contributed by atoms with Gasteiger partial charge in [-0.3, -0.25) is 4.98 Å². The van der Waals surface area contributed by atoms with Gasteiger partial charge in [-0.1, -0.05) is 13.8 Å². The van der Waals surface area contributed by atoms with E-state index in [2.05, 4.69) is 10.3 Å². The summed E-state index contributed by atoms with van der Waals surface area (Å²) in [6.45, 7) is 3.63. The molecule has 0 unspecified atom stereocenters. The summed E-state index contributed by atoms with van der Waals surface area (Å²) in [5, 5.41) is 12.8. The molecule has 0 aliphatic heterocycles. The molecule has 0 bridgehead atoms. The van der Waals surface area contributed by atoms with Crippen molar-refractivity contribution in [3.05, 3.63) is 30.2 Å². The number of carbonyl (C=O) groups is 1. The molecular formula is C15H17FN2O3. The smallest absolute Gasteiger partial charge is 0.326 e. The van der Waals surface area contributed by atoms with Crippen molar-refractivity contribution in [2.75, 3.05) is 12.4 Å². The third kappa shape index (κ3) is 3.04. The van der Waals surface area contributed by atoms with Gasteiger partial charge in [0.15, 0.2) is 11.6 Å². The van der Waals surface area contributed by atoms with E-state index in [-0.39, 0.29) is 11.7 Å². The van der Waals surface area contributed by atoms with E-state index in [4.69, 9.17) is 4.74 Å². The van der Waals surface area contributed by atoms with E-state index in [1.165, 1.54) is 25.4 Å². The largest absolute Gasteiger partial charge is 0.494 e. The van der Waals surface area contributed by atoms with Crippen LogP contribution in [0.5, 0.6) is 5.75 Å². The fourth-order valence-electron chi connectivity index (χ4n) is 2.11. The average Bonchev–Trinajstić information content (AvgIpc) is 2.43. The SMILES string of the molecule is COc1cc2c(N[C@H](C(=O)O)C(C)C)ccnc2cc1F. The van der Waals surface area contributed by atoms with Gasteiger partial charge in [-0.2, -0.15) is 0 Å². The maximum Gasteiger partial charge on any atom is 0.326 e. The van der Waals surface area contributed by atoms with Gasteiger partial charge >= 0.3 is 5.97 Å². The zero-order valence-electron chi connectivity index (χ0n) is 12.1. The predicted molar refractivity (Wildman–Crippen MR) is 78.1 cm³/mol. The number of carboxylic acid groups (broad SMARTS) is 1. The lowest BCUT2D eigenvalue weighted by atomic mass is 10.0. The van der Waals surface area contributed by atoms with Crippen LogP contribution in [0.3, 0.4) is 0 Å². The van der Waals surface area contributed by atoms with Crippen molar-refractivity contribution in [3.8, 4) is 5.75 Å². The molecule has 0 radical (unpaired) electrons. The minimum Gasteiger partial charge on any atom is -0.494 e. The highest BCUT2D eigenvalue weighted by Crippen LogP contribution is 2.29. The highest BCUT2D eigenvalue weighted by molar-refractivity contribution is 5.93. The van der Waals surface area contributed by atoms with E-state index >= 15 is 0 Å². The Bertz CT molecular complexity index is 673. The zero-order valence-corrected chi connectivity index (χ0v) is 12.1. The van der Waals surface area contributed by atoms with Crippen LogP contribution in [0.1, 0.15) is 13.8 Å². The molecule has 0 saturated carbocycles. The fraction of sp³-hybridized carbons (Fsp3) is 0.333. The van der Waals surface area contributed by atoms with E-state index in [1.807, 2.05) is 13.8 Å². The summed E-state index contributed by atoms with van der Waals surface area (Å²) in [6.07, 6.45) is 1.51. The molecule has 0 spiro atoms. The minimum absolute atomic E-state index is 0.0926. The molecule has 2 N–H and O–H groups in total. The van der Waals surface area contributed by atoms with Crippen LogP contribution in [0.15, 0.2) is 24.4 Å². The topological polar surface area (TPSA) is 71.5 Å². The predicted octanol–water partition coefficient (Wildman–Crippen LogP) is 2.90. The van der Waals surface area contributed by atoms with Crippen molar-refractivity contribution in [1.29, 1.82) is 0 Å². The maximum atomic E-state index is 13.7. The Balaban J connectivity index is 2.51. The van der Waals surface area contributed by atoms with Crippen LogP contribution in [0.25, 0.3) is 10.9 Å². The molecule has 1 heterocycles. The maximum absolute atomic E-state index is 13.7. The van der Waals surface area contributed by atoms with Gasteiger partial charge < -0.3 is 15.2 Å². The van der Waals surface area contributed by atoms with E-state index in [0.29, 0.717) is 16.6 Å².